The van der Waals surface area contributed by atoms with Gasteiger partial charge in [0.25, 0.3) is 17.7 Å². The van der Waals surface area contributed by atoms with Crippen molar-refractivity contribution in [3.8, 4) is 33.6 Å². The van der Waals surface area contributed by atoms with E-state index in [4.69, 9.17) is 20.4 Å². The van der Waals surface area contributed by atoms with E-state index in [1.807, 2.05) is 66.6 Å². The zero-order valence-electron chi connectivity index (χ0n) is 31.5. The number of aromatic nitrogens is 4. The number of nitrogens with two attached hydrogens (primary N) is 1. The number of hydrogen-bond donors (Lipinski definition) is 3. The number of H-pyrrole nitrogens is 2. The van der Waals surface area contributed by atoms with E-state index in [9.17, 15) is 14.4 Å². The van der Waals surface area contributed by atoms with Crippen LogP contribution in [-0.4, -0.2) is 98.4 Å². The van der Waals surface area contributed by atoms with Gasteiger partial charge in [-0.3, -0.25) is 14.4 Å². The van der Waals surface area contributed by atoms with Crippen molar-refractivity contribution in [1.29, 1.82) is 0 Å². The van der Waals surface area contributed by atoms with E-state index in [2.05, 4.69) is 58.5 Å². The number of rotatable bonds is 11. The van der Waals surface area contributed by atoms with Gasteiger partial charge < -0.3 is 34.7 Å². The molecule has 55 heavy (non-hydrogen) atoms. The predicted molar refractivity (Wildman–Crippen MR) is 209 cm³/mol. The fourth-order valence-corrected chi connectivity index (χ4v) is 8.71. The highest BCUT2D eigenvalue weighted by atomic mass is 16.5. The molecule has 4 N–H and O–H groups in total. The first-order chi connectivity index (χ1) is 26.7. The van der Waals surface area contributed by atoms with Gasteiger partial charge in [-0.2, -0.15) is 0 Å². The van der Waals surface area contributed by atoms with Crippen LogP contribution < -0.4 is 5.73 Å². The second-order valence-electron chi connectivity index (χ2n) is 15.6. The molecule has 3 amide bonds. The van der Waals surface area contributed by atoms with Crippen molar-refractivity contribution in [3.05, 3.63) is 108 Å². The molecular formula is C43H49N8O4+. The number of likely N-dealkylation sites (tertiary alicyclic amines) is 2. The summed E-state index contributed by atoms with van der Waals surface area (Å²) in [6.07, 6.45) is 8.63. The zero-order chi connectivity index (χ0) is 38.1. The first-order valence-electron chi connectivity index (χ1n) is 19.4. The lowest BCUT2D eigenvalue weighted by molar-refractivity contribution is -0.904. The number of benzene rings is 3. The minimum Gasteiger partial charge on any atom is -0.368 e. The molecule has 2 aromatic heterocycles. The van der Waals surface area contributed by atoms with Gasteiger partial charge in [-0.15, -0.1) is 0 Å². The Morgan fingerprint density at radius 2 is 1.27 bits per heavy atom. The van der Waals surface area contributed by atoms with E-state index < -0.39 is 11.9 Å². The van der Waals surface area contributed by atoms with Crippen molar-refractivity contribution in [2.45, 2.75) is 62.8 Å². The molecule has 4 atom stereocenters. The van der Waals surface area contributed by atoms with Crippen LogP contribution >= 0.6 is 0 Å². The number of quaternary nitrogens is 1. The van der Waals surface area contributed by atoms with Crippen molar-refractivity contribution < 1.29 is 23.6 Å². The van der Waals surface area contributed by atoms with Gasteiger partial charge in [-0.05, 0) is 60.8 Å². The van der Waals surface area contributed by atoms with Gasteiger partial charge in [0.15, 0.2) is 12.6 Å². The lowest BCUT2D eigenvalue weighted by atomic mass is 10.0. The maximum atomic E-state index is 14.3. The standard InChI is InChI=1S/C43H48N8O4/c1-51(2,27-38(44)52)39(32-9-4-3-5-10-32)43(54)50-23-7-12-36(50)41-46-26-34(48-41)31-20-16-29(17-21-31)28-14-18-30(19-15-28)33-25-45-40(47-33)35-11-6-22-49(35)42(53)37-13-8-24-55-37/h3-5,9-10,14-21,25-26,35-37,39H,6-8,11-13,22-24,27H2,1-2H3,(H3-,44,45,46,47,48,52)/p+1/t35-,36-,37+,39+/m0/s1. The van der Waals surface area contributed by atoms with Crippen molar-refractivity contribution in [2.75, 3.05) is 40.3 Å². The molecule has 0 bridgehead atoms. The number of nitrogens with one attached hydrogen (secondary N) is 2. The average molecular weight is 742 g/mol. The summed E-state index contributed by atoms with van der Waals surface area (Å²) in [5, 5.41) is 0. The Morgan fingerprint density at radius 1 is 0.745 bits per heavy atom. The number of imidazole rings is 2. The van der Waals surface area contributed by atoms with E-state index in [1.54, 1.807) is 0 Å². The molecule has 0 radical (unpaired) electrons. The van der Waals surface area contributed by atoms with Crippen LogP contribution in [-0.2, 0) is 19.1 Å². The third-order valence-electron chi connectivity index (χ3n) is 11.4. The van der Waals surface area contributed by atoms with Crippen molar-refractivity contribution >= 4 is 17.7 Å². The Kier molecular flexibility index (Phi) is 10.1. The SMILES string of the molecule is C[N+](C)(CC(N)=O)[C@@H](C(=O)N1CCC[C@H]1c1ncc(-c2ccc(-c3ccc(-c4cnc([C@@H]5CCCN5C(=O)[C@H]5CCCO5)[nH]4)cc3)cc2)[nH]1)c1ccccc1. The summed E-state index contributed by atoms with van der Waals surface area (Å²) in [4.78, 5) is 59.8. The van der Waals surface area contributed by atoms with Crippen LogP contribution in [0.5, 0.6) is 0 Å². The number of primary amides is 1. The molecule has 5 aromatic rings. The summed E-state index contributed by atoms with van der Waals surface area (Å²) in [5.41, 5.74) is 12.5. The molecule has 3 fully saturated rings. The van der Waals surface area contributed by atoms with E-state index in [1.165, 1.54) is 0 Å². The fourth-order valence-electron chi connectivity index (χ4n) is 8.71. The molecule has 8 rings (SSSR count). The first kappa shape index (κ1) is 36.4. The van der Waals surface area contributed by atoms with Crippen LogP contribution in [0.3, 0.4) is 0 Å². The highest BCUT2D eigenvalue weighted by Gasteiger charge is 2.44. The molecular weight excluding hydrogens is 693 g/mol. The smallest absolute Gasteiger partial charge is 0.286 e. The van der Waals surface area contributed by atoms with Gasteiger partial charge in [0.05, 0.1) is 50.0 Å². The third-order valence-corrected chi connectivity index (χ3v) is 11.4. The Labute approximate surface area is 321 Å². The average Bonchev–Trinajstić information content (AvgIpc) is 4.04. The molecule has 284 valence electrons. The minimum atomic E-state index is -0.584. The van der Waals surface area contributed by atoms with Gasteiger partial charge in [0.2, 0.25) is 0 Å². The molecule has 12 heteroatoms. The molecule has 3 aromatic carbocycles. The fraction of sp³-hybridized carbons (Fsp3) is 0.372. The second kappa shape index (κ2) is 15.3. The van der Waals surface area contributed by atoms with Crippen LogP contribution in [0.25, 0.3) is 33.6 Å². The minimum absolute atomic E-state index is 0.0386. The highest BCUT2D eigenvalue weighted by Crippen LogP contribution is 2.38. The maximum Gasteiger partial charge on any atom is 0.286 e. The summed E-state index contributed by atoms with van der Waals surface area (Å²) in [6, 6.07) is 25.6. The molecule has 3 aliphatic heterocycles. The molecule has 3 aliphatic rings. The topological polar surface area (TPSA) is 150 Å². The van der Waals surface area contributed by atoms with E-state index >= 15 is 0 Å². The third kappa shape index (κ3) is 7.44. The van der Waals surface area contributed by atoms with Gasteiger partial charge in [0.1, 0.15) is 17.8 Å². The van der Waals surface area contributed by atoms with Gasteiger partial charge >= 0.3 is 0 Å². The number of amides is 3. The Morgan fingerprint density at radius 3 is 1.80 bits per heavy atom. The Balaban J connectivity index is 0.941. The molecule has 12 nitrogen and oxygen atoms in total. The van der Waals surface area contributed by atoms with Crippen LogP contribution in [0.4, 0.5) is 0 Å². The summed E-state index contributed by atoms with van der Waals surface area (Å²) in [7, 11) is 3.76. The van der Waals surface area contributed by atoms with Crippen LogP contribution in [0.2, 0.25) is 0 Å². The van der Waals surface area contributed by atoms with Crippen molar-refractivity contribution in [2.24, 2.45) is 5.73 Å². The Bertz CT molecular complexity index is 2140. The van der Waals surface area contributed by atoms with Gasteiger partial charge in [-0.25, -0.2) is 9.97 Å². The van der Waals surface area contributed by atoms with Crippen LogP contribution in [0.15, 0.2) is 91.3 Å². The molecule has 0 saturated carbocycles. The predicted octanol–water partition coefficient (Wildman–Crippen LogP) is 5.94. The number of ether oxygens (including phenoxy) is 1. The quantitative estimate of drug-likeness (QED) is 0.143. The second-order valence-corrected chi connectivity index (χ2v) is 15.6. The normalized spacial score (nSPS) is 20.6. The summed E-state index contributed by atoms with van der Waals surface area (Å²) >= 11 is 0. The number of aromatic amines is 2. The molecule has 0 spiro atoms. The number of nitrogens with zero attached hydrogens (tertiary/aromatic N) is 5. The molecule has 0 unspecified atom stereocenters. The summed E-state index contributed by atoms with van der Waals surface area (Å²) < 4.78 is 5.81. The number of carbonyl (C=O) groups is 3. The number of carbonyl (C=O) groups excluding carboxylic acids is 3. The van der Waals surface area contributed by atoms with Crippen molar-refractivity contribution in [3.63, 3.8) is 0 Å². The first-order valence-corrected chi connectivity index (χ1v) is 19.4. The van der Waals surface area contributed by atoms with E-state index in [-0.39, 0.29) is 41.0 Å². The highest BCUT2D eigenvalue weighted by molar-refractivity contribution is 5.84. The summed E-state index contributed by atoms with van der Waals surface area (Å²) in [6.45, 7) is 2.06. The molecule has 3 saturated heterocycles. The monoisotopic (exact) mass is 741 g/mol. The van der Waals surface area contributed by atoms with Crippen LogP contribution in [0.1, 0.15) is 73.9 Å². The largest absolute Gasteiger partial charge is 0.368 e. The maximum absolute atomic E-state index is 14.3. The lowest BCUT2D eigenvalue weighted by Crippen LogP contribution is -2.54. The molecule has 5 heterocycles. The Hall–Kier alpha value is -5.59. The molecule has 0 aliphatic carbocycles. The summed E-state index contributed by atoms with van der Waals surface area (Å²) in [5.74, 6) is 1.18. The number of likely N-dealkylation sites (N-methyl/N-ethyl adjacent to an activating group) is 1. The lowest BCUT2D eigenvalue weighted by Gasteiger charge is -2.39. The van der Waals surface area contributed by atoms with E-state index in [0.29, 0.717) is 13.2 Å². The van der Waals surface area contributed by atoms with Crippen molar-refractivity contribution in [1.82, 2.24) is 29.7 Å². The number of hydrogen-bond acceptors (Lipinski definition) is 6. The van der Waals surface area contributed by atoms with Gasteiger partial charge in [-0.1, -0.05) is 78.9 Å². The zero-order valence-corrected chi connectivity index (χ0v) is 31.5. The van der Waals surface area contributed by atoms with E-state index in [0.717, 1.165) is 95.9 Å². The van der Waals surface area contributed by atoms with Crippen LogP contribution in [0, 0.1) is 0 Å². The van der Waals surface area contributed by atoms with Gasteiger partial charge in [0, 0.05) is 25.3 Å².